The fourth-order valence-corrected chi connectivity index (χ4v) is 3.34. The maximum atomic E-state index is 12.6. The molecular weight excluding hydrogens is 268 g/mol. The molecule has 0 atom stereocenters. The Morgan fingerprint density at radius 1 is 1.29 bits per heavy atom. The SMILES string of the molecule is Cc1ccn(C)c1C(=O)N1CCC(N2CCNC2=O)CC1. The van der Waals surface area contributed by atoms with Gasteiger partial charge in [-0.3, -0.25) is 4.79 Å². The minimum atomic E-state index is 0.0399. The Morgan fingerprint density at radius 3 is 2.52 bits per heavy atom. The van der Waals surface area contributed by atoms with Crippen LogP contribution in [0.5, 0.6) is 0 Å². The summed E-state index contributed by atoms with van der Waals surface area (Å²) in [5, 5.41) is 2.84. The van der Waals surface area contributed by atoms with Crippen LogP contribution in [0.4, 0.5) is 4.79 Å². The summed E-state index contributed by atoms with van der Waals surface area (Å²) in [4.78, 5) is 28.1. The molecular formula is C15H22N4O2. The van der Waals surface area contributed by atoms with Crippen molar-refractivity contribution < 1.29 is 9.59 Å². The van der Waals surface area contributed by atoms with Crippen LogP contribution < -0.4 is 5.32 Å². The van der Waals surface area contributed by atoms with Gasteiger partial charge < -0.3 is 19.7 Å². The normalized spacial score (nSPS) is 20.0. The Balaban J connectivity index is 1.63. The van der Waals surface area contributed by atoms with Gasteiger partial charge in [0.2, 0.25) is 0 Å². The van der Waals surface area contributed by atoms with Crippen LogP contribution in [0.15, 0.2) is 12.3 Å². The van der Waals surface area contributed by atoms with Gasteiger partial charge in [0.15, 0.2) is 0 Å². The lowest BCUT2D eigenvalue weighted by atomic mass is 10.0. The van der Waals surface area contributed by atoms with Crippen molar-refractivity contribution in [2.75, 3.05) is 26.2 Å². The minimum absolute atomic E-state index is 0.0399. The molecule has 0 spiro atoms. The van der Waals surface area contributed by atoms with Crippen LogP contribution in [-0.4, -0.2) is 58.5 Å². The van der Waals surface area contributed by atoms with E-state index in [0.29, 0.717) is 0 Å². The number of aromatic nitrogens is 1. The number of likely N-dealkylation sites (tertiary alicyclic amines) is 1. The molecule has 0 saturated carbocycles. The van der Waals surface area contributed by atoms with E-state index < -0.39 is 0 Å². The highest BCUT2D eigenvalue weighted by molar-refractivity contribution is 5.94. The van der Waals surface area contributed by atoms with Gasteiger partial charge in [-0.2, -0.15) is 0 Å². The number of hydrogen-bond donors (Lipinski definition) is 1. The van der Waals surface area contributed by atoms with Crippen LogP contribution in [0, 0.1) is 6.92 Å². The Bertz CT molecular complexity index is 539. The molecule has 6 heteroatoms. The molecule has 6 nitrogen and oxygen atoms in total. The van der Waals surface area contributed by atoms with E-state index in [0.717, 1.165) is 50.3 Å². The zero-order valence-electron chi connectivity index (χ0n) is 12.6. The van der Waals surface area contributed by atoms with Gasteiger partial charge in [0.1, 0.15) is 5.69 Å². The van der Waals surface area contributed by atoms with Gasteiger partial charge in [-0.25, -0.2) is 4.79 Å². The van der Waals surface area contributed by atoms with Crippen molar-refractivity contribution in [1.82, 2.24) is 19.7 Å². The second-order valence-corrected chi connectivity index (χ2v) is 5.91. The highest BCUT2D eigenvalue weighted by Crippen LogP contribution is 2.21. The van der Waals surface area contributed by atoms with Crippen LogP contribution in [0.25, 0.3) is 0 Å². The molecule has 0 unspecified atom stereocenters. The largest absolute Gasteiger partial charge is 0.346 e. The Labute approximate surface area is 124 Å². The topological polar surface area (TPSA) is 57.6 Å². The van der Waals surface area contributed by atoms with E-state index in [1.807, 2.05) is 40.6 Å². The maximum Gasteiger partial charge on any atom is 0.317 e. The molecule has 1 aromatic rings. The van der Waals surface area contributed by atoms with Crippen molar-refractivity contribution in [2.24, 2.45) is 7.05 Å². The summed E-state index contributed by atoms with van der Waals surface area (Å²) in [7, 11) is 1.90. The summed E-state index contributed by atoms with van der Waals surface area (Å²) < 4.78 is 1.89. The molecule has 2 aliphatic heterocycles. The predicted molar refractivity (Wildman–Crippen MR) is 79.2 cm³/mol. The number of carbonyl (C=O) groups is 2. The Kier molecular flexibility index (Phi) is 3.61. The molecule has 0 bridgehead atoms. The number of hydrogen-bond acceptors (Lipinski definition) is 2. The molecule has 3 amide bonds. The van der Waals surface area contributed by atoms with Crippen molar-refractivity contribution in [3.05, 3.63) is 23.5 Å². The third-order valence-electron chi connectivity index (χ3n) is 4.56. The number of urea groups is 1. The summed E-state index contributed by atoms with van der Waals surface area (Å²) in [5.41, 5.74) is 1.79. The third-order valence-corrected chi connectivity index (χ3v) is 4.56. The monoisotopic (exact) mass is 290 g/mol. The first-order valence-electron chi connectivity index (χ1n) is 7.53. The van der Waals surface area contributed by atoms with Crippen molar-refractivity contribution >= 4 is 11.9 Å². The fourth-order valence-electron chi connectivity index (χ4n) is 3.34. The Morgan fingerprint density at radius 2 is 2.00 bits per heavy atom. The van der Waals surface area contributed by atoms with E-state index in [-0.39, 0.29) is 18.0 Å². The number of aryl methyl sites for hydroxylation is 2. The lowest BCUT2D eigenvalue weighted by molar-refractivity contribution is 0.0656. The summed E-state index contributed by atoms with van der Waals surface area (Å²) in [6.07, 6.45) is 3.65. The number of amides is 3. The van der Waals surface area contributed by atoms with Crippen molar-refractivity contribution in [3.63, 3.8) is 0 Å². The fraction of sp³-hybridized carbons (Fsp3) is 0.600. The van der Waals surface area contributed by atoms with Gasteiger partial charge in [-0.1, -0.05) is 0 Å². The predicted octanol–water partition coefficient (Wildman–Crippen LogP) is 0.963. The van der Waals surface area contributed by atoms with Gasteiger partial charge >= 0.3 is 6.03 Å². The molecule has 2 saturated heterocycles. The number of nitrogens with one attached hydrogen (secondary N) is 1. The molecule has 1 aromatic heterocycles. The lowest BCUT2D eigenvalue weighted by Gasteiger charge is -2.36. The average Bonchev–Trinajstić information content (AvgIpc) is 3.05. The first-order valence-corrected chi connectivity index (χ1v) is 7.53. The van der Waals surface area contributed by atoms with E-state index >= 15 is 0 Å². The van der Waals surface area contributed by atoms with E-state index in [1.165, 1.54) is 0 Å². The van der Waals surface area contributed by atoms with Gasteiger partial charge in [0.25, 0.3) is 5.91 Å². The minimum Gasteiger partial charge on any atom is -0.346 e. The van der Waals surface area contributed by atoms with Crippen molar-refractivity contribution in [1.29, 1.82) is 0 Å². The van der Waals surface area contributed by atoms with Gasteiger partial charge in [-0.05, 0) is 31.4 Å². The molecule has 2 aliphatic rings. The summed E-state index contributed by atoms with van der Waals surface area (Å²) in [6.45, 7) is 4.93. The zero-order valence-corrected chi connectivity index (χ0v) is 12.6. The summed E-state index contributed by atoms with van der Waals surface area (Å²) in [5.74, 6) is 0.101. The second kappa shape index (κ2) is 5.42. The van der Waals surface area contributed by atoms with Crippen LogP contribution >= 0.6 is 0 Å². The number of carbonyl (C=O) groups excluding carboxylic acids is 2. The molecule has 114 valence electrons. The van der Waals surface area contributed by atoms with Gasteiger partial charge in [-0.15, -0.1) is 0 Å². The van der Waals surface area contributed by atoms with Gasteiger partial charge in [0, 0.05) is 45.5 Å². The molecule has 2 fully saturated rings. The molecule has 3 heterocycles. The van der Waals surface area contributed by atoms with Crippen LogP contribution in [0.3, 0.4) is 0 Å². The zero-order chi connectivity index (χ0) is 15.0. The van der Waals surface area contributed by atoms with E-state index in [4.69, 9.17) is 0 Å². The first-order chi connectivity index (χ1) is 10.1. The number of rotatable bonds is 2. The number of nitrogens with zero attached hydrogens (tertiary/aromatic N) is 3. The molecule has 0 radical (unpaired) electrons. The molecule has 21 heavy (non-hydrogen) atoms. The maximum absolute atomic E-state index is 12.6. The first kappa shape index (κ1) is 14.0. The molecule has 3 rings (SSSR count). The molecule has 1 N–H and O–H groups in total. The van der Waals surface area contributed by atoms with Crippen molar-refractivity contribution in [2.45, 2.75) is 25.8 Å². The molecule has 0 aromatic carbocycles. The van der Waals surface area contributed by atoms with Crippen LogP contribution in [-0.2, 0) is 7.05 Å². The Hall–Kier alpha value is -1.98. The lowest BCUT2D eigenvalue weighted by Crippen LogP contribution is -2.48. The quantitative estimate of drug-likeness (QED) is 0.882. The van der Waals surface area contributed by atoms with Gasteiger partial charge in [0.05, 0.1) is 0 Å². The van der Waals surface area contributed by atoms with E-state index in [1.54, 1.807) is 0 Å². The van der Waals surface area contributed by atoms with E-state index in [2.05, 4.69) is 5.32 Å². The summed E-state index contributed by atoms with van der Waals surface area (Å²) >= 11 is 0. The third kappa shape index (κ3) is 2.50. The highest BCUT2D eigenvalue weighted by Gasteiger charge is 2.32. The van der Waals surface area contributed by atoms with E-state index in [9.17, 15) is 9.59 Å². The number of piperidine rings is 1. The van der Waals surface area contributed by atoms with Crippen molar-refractivity contribution in [3.8, 4) is 0 Å². The van der Waals surface area contributed by atoms with Crippen LogP contribution in [0.1, 0.15) is 28.9 Å². The standard InChI is InChI=1S/C15H22N4O2/c1-11-3-7-17(2)13(11)14(20)18-8-4-12(5-9-18)19-10-6-16-15(19)21/h3,7,12H,4-6,8-10H2,1-2H3,(H,16,21). The average molecular weight is 290 g/mol. The summed E-state index contributed by atoms with van der Waals surface area (Å²) in [6, 6.07) is 2.28. The smallest absolute Gasteiger partial charge is 0.317 e. The highest BCUT2D eigenvalue weighted by atomic mass is 16.2. The second-order valence-electron chi connectivity index (χ2n) is 5.91. The van der Waals surface area contributed by atoms with Crippen LogP contribution in [0.2, 0.25) is 0 Å². The molecule has 0 aliphatic carbocycles.